The molecule has 0 radical (unpaired) electrons. The molecule has 0 aliphatic rings. The number of nitrogens with zero attached hydrogens (tertiary/aromatic N) is 1. The van der Waals surface area contributed by atoms with Gasteiger partial charge in [-0.25, -0.2) is 0 Å². The number of nitro benzene ring substituents is 1. The van der Waals surface area contributed by atoms with Gasteiger partial charge in [0, 0.05) is 11.6 Å². The fourth-order valence-corrected chi connectivity index (χ4v) is 1.50. The first-order chi connectivity index (χ1) is 7.68. The van der Waals surface area contributed by atoms with Crippen LogP contribution < -0.4 is 0 Å². The van der Waals surface area contributed by atoms with E-state index < -0.39 is 4.92 Å². The van der Waals surface area contributed by atoms with E-state index >= 15 is 0 Å². The van der Waals surface area contributed by atoms with Gasteiger partial charge in [-0.05, 0) is 11.6 Å². The quantitative estimate of drug-likeness (QED) is 0.618. The van der Waals surface area contributed by atoms with Crippen molar-refractivity contribution in [1.82, 2.24) is 0 Å². The van der Waals surface area contributed by atoms with Gasteiger partial charge in [-0.3, -0.25) is 10.1 Å². The zero-order valence-corrected chi connectivity index (χ0v) is 8.33. The first-order valence-corrected chi connectivity index (χ1v) is 4.71. The number of nitro groups is 1. The number of non-ortho nitro benzene ring substituents is 1. The summed E-state index contributed by atoms with van der Waals surface area (Å²) in [6.45, 7) is 0. The van der Waals surface area contributed by atoms with Crippen LogP contribution in [0.1, 0.15) is 0 Å². The first-order valence-electron chi connectivity index (χ1n) is 4.71. The molecule has 0 unspecified atom stereocenters. The maximum Gasteiger partial charge on any atom is 0.273 e. The van der Waals surface area contributed by atoms with E-state index in [1.165, 1.54) is 6.07 Å². The predicted octanol–water partition coefficient (Wildman–Crippen LogP) is 2.97. The molecule has 0 amide bonds. The molecule has 0 aliphatic heterocycles. The molecule has 4 heteroatoms. The smallest absolute Gasteiger partial charge is 0.273 e. The van der Waals surface area contributed by atoms with Gasteiger partial charge in [0.2, 0.25) is 0 Å². The Labute approximate surface area is 91.9 Å². The number of phenolic OH excluding ortho intramolecular Hbond substituents is 1. The van der Waals surface area contributed by atoms with Crippen molar-refractivity contribution in [2.45, 2.75) is 0 Å². The lowest BCUT2D eigenvalue weighted by atomic mass is 10.0. The van der Waals surface area contributed by atoms with E-state index in [2.05, 4.69) is 0 Å². The van der Waals surface area contributed by atoms with Crippen molar-refractivity contribution in [2.24, 2.45) is 0 Å². The van der Waals surface area contributed by atoms with Crippen LogP contribution in [0.4, 0.5) is 5.69 Å². The Morgan fingerprint density at radius 2 is 1.75 bits per heavy atom. The molecule has 0 aromatic heterocycles. The molecule has 80 valence electrons. The fraction of sp³-hybridized carbons (Fsp3) is 0. The van der Waals surface area contributed by atoms with Gasteiger partial charge in [-0.2, -0.15) is 0 Å². The summed E-state index contributed by atoms with van der Waals surface area (Å²) in [6.07, 6.45) is 0. The summed E-state index contributed by atoms with van der Waals surface area (Å²) in [4.78, 5) is 9.96. The zero-order valence-electron chi connectivity index (χ0n) is 8.33. The topological polar surface area (TPSA) is 63.4 Å². The summed E-state index contributed by atoms with van der Waals surface area (Å²) in [6, 6.07) is 13.3. The highest BCUT2D eigenvalue weighted by Crippen LogP contribution is 2.31. The van der Waals surface area contributed by atoms with Crippen molar-refractivity contribution in [3.8, 4) is 16.9 Å². The van der Waals surface area contributed by atoms with E-state index in [-0.39, 0.29) is 11.4 Å². The van der Waals surface area contributed by atoms with Gasteiger partial charge in [0.1, 0.15) is 5.75 Å². The highest BCUT2D eigenvalue weighted by Gasteiger charge is 2.10. The summed E-state index contributed by atoms with van der Waals surface area (Å²) in [7, 11) is 0. The van der Waals surface area contributed by atoms with Crippen molar-refractivity contribution in [1.29, 1.82) is 0 Å². The Hall–Kier alpha value is -2.36. The minimum Gasteiger partial charge on any atom is -0.507 e. The van der Waals surface area contributed by atoms with Crippen LogP contribution in [0, 0.1) is 10.1 Å². The average molecular weight is 215 g/mol. The van der Waals surface area contributed by atoms with Crippen LogP contribution in [0.3, 0.4) is 0 Å². The molecule has 4 nitrogen and oxygen atoms in total. The summed E-state index contributed by atoms with van der Waals surface area (Å²) in [5.41, 5.74) is 1.30. The monoisotopic (exact) mass is 215 g/mol. The Morgan fingerprint density at radius 1 is 1.06 bits per heavy atom. The molecule has 0 saturated carbocycles. The standard InChI is InChI=1S/C12H9NO3/c14-12-8-10(13(15)16)6-7-11(12)9-4-2-1-3-5-9/h1-8,14H. The highest BCUT2D eigenvalue weighted by molar-refractivity contribution is 5.71. The van der Waals surface area contributed by atoms with Crippen LogP contribution in [0.2, 0.25) is 0 Å². The van der Waals surface area contributed by atoms with Crippen molar-refractivity contribution in [3.63, 3.8) is 0 Å². The summed E-state index contributed by atoms with van der Waals surface area (Å²) < 4.78 is 0. The molecule has 0 aliphatic carbocycles. The lowest BCUT2D eigenvalue weighted by molar-refractivity contribution is -0.384. The normalized spacial score (nSPS) is 10.0. The molecule has 2 rings (SSSR count). The van der Waals surface area contributed by atoms with E-state index in [9.17, 15) is 15.2 Å². The van der Waals surface area contributed by atoms with Gasteiger partial charge in [-0.1, -0.05) is 30.3 Å². The summed E-state index contributed by atoms with van der Waals surface area (Å²) in [5, 5.41) is 20.2. The van der Waals surface area contributed by atoms with E-state index in [4.69, 9.17) is 0 Å². The minimum atomic E-state index is -0.533. The molecule has 0 bridgehead atoms. The third kappa shape index (κ3) is 1.86. The van der Waals surface area contributed by atoms with Gasteiger partial charge in [0.15, 0.2) is 0 Å². The highest BCUT2D eigenvalue weighted by atomic mass is 16.6. The first kappa shape index (κ1) is 10.2. The molecule has 0 saturated heterocycles. The third-order valence-electron chi connectivity index (χ3n) is 2.28. The lowest BCUT2D eigenvalue weighted by Crippen LogP contribution is -1.88. The lowest BCUT2D eigenvalue weighted by Gasteiger charge is -2.03. The molecule has 0 atom stereocenters. The SMILES string of the molecule is O=[N+]([O-])c1ccc(-c2ccccc2)c(O)c1. The van der Waals surface area contributed by atoms with E-state index in [1.54, 1.807) is 6.07 Å². The number of benzene rings is 2. The number of hydrogen-bond acceptors (Lipinski definition) is 3. The van der Waals surface area contributed by atoms with Gasteiger partial charge >= 0.3 is 0 Å². The molecule has 1 N–H and O–H groups in total. The van der Waals surface area contributed by atoms with Crippen molar-refractivity contribution < 1.29 is 10.0 Å². The van der Waals surface area contributed by atoms with Crippen molar-refractivity contribution in [3.05, 3.63) is 58.6 Å². The van der Waals surface area contributed by atoms with Gasteiger partial charge in [-0.15, -0.1) is 0 Å². The Balaban J connectivity index is 2.48. The van der Waals surface area contributed by atoms with Crippen molar-refractivity contribution in [2.75, 3.05) is 0 Å². The minimum absolute atomic E-state index is 0.0830. The number of phenols is 1. The molecule has 0 spiro atoms. The molecule has 0 heterocycles. The second-order valence-corrected chi connectivity index (χ2v) is 3.32. The molecule has 16 heavy (non-hydrogen) atoms. The predicted molar refractivity (Wildman–Crippen MR) is 60.2 cm³/mol. The number of aromatic hydroxyl groups is 1. The molecular formula is C12H9NO3. The third-order valence-corrected chi connectivity index (χ3v) is 2.28. The van der Waals surface area contributed by atoms with E-state index in [1.807, 2.05) is 30.3 Å². The number of rotatable bonds is 2. The Morgan fingerprint density at radius 3 is 2.31 bits per heavy atom. The van der Waals surface area contributed by atoms with Crippen LogP contribution in [-0.4, -0.2) is 10.0 Å². The second kappa shape index (κ2) is 4.02. The molecule has 2 aromatic rings. The zero-order chi connectivity index (χ0) is 11.5. The van der Waals surface area contributed by atoms with Crippen LogP contribution in [0.5, 0.6) is 5.75 Å². The summed E-state index contributed by atoms with van der Waals surface area (Å²) >= 11 is 0. The van der Waals surface area contributed by atoms with E-state index in [0.29, 0.717) is 5.56 Å². The summed E-state index contributed by atoms with van der Waals surface area (Å²) in [5.74, 6) is -0.0830. The second-order valence-electron chi connectivity index (χ2n) is 3.32. The van der Waals surface area contributed by atoms with Gasteiger partial charge in [0.05, 0.1) is 11.0 Å². The van der Waals surface area contributed by atoms with Gasteiger partial charge in [0.25, 0.3) is 5.69 Å². The maximum atomic E-state index is 10.5. The van der Waals surface area contributed by atoms with Crippen LogP contribution in [0.25, 0.3) is 11.1 Å². The maximum absolute atomic E-state index is 10.5. The van der Waals surface area contributed by atoms with Crippen LogP contribution in [0.15, 0.2) is 48.5 Å². The molecular weight excluding hydrogens is 206 g/mol. The Kier molecular flexibility index (Phi) is 2.55. The van der Waals surface area contributed by atoms with Crippen LogP contribution in [-0.2, 0) is 0 Å². The average Bonchev–Trinajstić information content (AvgIpc) is 2.30. The molecule has 0 fully saturated rings. The van der Waals surface area contributed by atoms with Crippen LogP contribution >= 0.6 is 0 Å². The largest absolute Gasteiger partial charge is 0.507 e. The molecule has 2 aromatic carbocycles. The van der Waals surface area contributed by atoms with Crippen molar-refractivity contribution >= 4 is 5.69 Å². The Bertz CT molecular complexity index is 523. The van der Waals surface area contributed by atoms with Gasteiger partial charge < -0.3 is 5.11 Å². The number of hydrogen-bond donors (Lipinski definition) is 1. The van der Waals surface area contributed by atoms with E-state index in [0.717, 1.165) is 11.6 Å². The fourth-order valence-electron chi connectivity index (χ4n) is 1.50.